The maximum Gasteiger partial charge on any atom is 0.210 e. The fourth-order valence-electron chi connectivity index (χ4n) is 3.74. The zero-order chi connectivity index (χ0) is 24.0. The first-order valence-electron chi connectivity index (χ1n) is 11.2. The Morgan fingerprint density at radius 1 is 0.939 bits per heavy atom. The van der Waals surface area contributed by atoms with Gasteiger partial charge in [-0.25, -0.2) is 8.42 Å². The van der Waals surface area contributed by atoms with E-state index in [9.17, 15) is 8.42 Å². The number of hydrogen-bond acceptors (Lipinski definition) is 7. The average Bonchev–Trinajstić information content (AvgIpc) is 2.84. The molecule has 0 aliphatic heterocycles. The molecule has 0 saturated carbocycles. The highest BCUT2D eigenvalue weighted by Gasteiger charge is 2.27. The number of ether oxygens (including phenoxy) is 3. The van der Waals surface area contributed by atoms with E-state index in [1.165, 1.54) is 32.5 Å². The number of pyridine rings is 1. The van der Waals surface area contributed by atoms with Gasteiger partial charge in [0, 0.05) is 30.7 Å². The Hall–Kier alpha value is -3.00. The number of rotatable bonds is 11. The maximum absolute atomic E-state index is 13.8. The van der Waals surface area contributed by atoms with Crippen molar-refractivity contribution in [1.29, 1.82) is 0 Å². The Labute approximate surface area is 196 Å². The van der Waals surface area contributed by atoms with E-state index in [-0.39, 0.29) is 9.79 Å². The normalized spacial score (nSPS) is 11.4. The van der Waals surface area contributed by atoms with Crippen LogP contribution >= 0.6 is 0 Å². The van der Waals surface area contributed by atoms with Gasteiger partial charge >= 0.3 is 0 Å². The number of nitrogens with zero attached hydrogens (tertiary/aromatic N) is 2. The molecule has 3 rings (SSSR count). The maximum atomic E-state index is 13.8. The van der Waals surface area contributed by atoms with Crippen molar-refractivity contribution in [1.82, 2.24) is 4.98 Å². The molecule has 2 aromatic carbocycles. The quantitative estimate of drug-likeness (QED) is 0.359. The van der Waals surface area contributed by atoms with Crippen LogP contribution in [-0.4, -0.2) is 47.3 Å². The van der Waals surface area contributed by atoms with Crippen molar-refractivity contribution in [2.75, 3.05) is 38.8 Å². The average molecular weight is 473 g/mol. The molecule has 0 spiro atoms. The Morgan fingerprint density at radius 3 is 2.30 bits per heavy atom. The van der Waals surface area contributed by atoms with Gasteiger partial charge in [0.15, 0.2) is 11.5 Å². The topological polar surface area (TPSA) is 78.0 Å². The zero-order valence-corrected chi connectivity index (χ0v) is 20.7. The molecule has 0 aliphatic carbocycles. The smallest absolute Gasteiger partial charge is 0.210 e. The lowest BCUT2D eigenvalue weighted by Gasteiger charge is -2.26. The number of hydrogen-bond donors (Lipinski definition) is 0. The van der Waals surface area contributed by atoms with E-state index < -0.39 is 9.84 Å². The molecule has 0 saturated heterocycles. The van der Waals surface area contributed by atoms with Gasteiger partial charge in [-0.2, -0.15) is 0 Å². The highest BCUT2D eigenvalue weighted by Crippen LogP contribution is 2.39. The molecule has 1 aromatic heterocycles. The van der Waals surface area contributed by atoms with Crippen LogP contribution in [0.1, 0.15) is 33.6 Å². The van der Waals surface area contributed by atoms with E-state index in [1.807, 2.05) is 36.9 Å². The van der Waals surface area contributed by atoms with E-state index >= 15 is 0 Å². The molecule has 0 bridgehead atoms. The Morgan fingerprint density at radius 2 is 1.67 bits per heavy atom. The van der Waals surface area contributed by atoms with Crippen molar-refractivity contribution in [3.63, 3.8) is 0 Å². The number of unbranched alkanes of at least 4 members (excludes halogenated alkanes) is 1. The molecular formula is C25H32N2O5S. The molecule has 0 amide bonds. The SMILES string of the molecule is CCCCOc1ccc2ncc(S(=O)(=O)c3ccc(OC)c(OC)c3)c(N(CC)CC)c2c1. The summed E-state index contributed by atoms with van der Waals surface area (Å²) in [6.45, 7) is 8.02. The van der Waals surface area contributed by atoms with Crippen molar-refractivity contribution in [3.8, 4) is 17.2 Å². The third kappa shape index (κ3) is 5.00. The van der Waals surface area contributed by atoms with Crippen LogP contribution in [0.4, 0.5) is 5.69 Å². The van der Waals surface area contributed by atoms with E-state index in [4.69, 9.17) is 14.2 Å². The van der Waals surface area contributed by atoms with Gasteiger partial charge in [0.1, 0.15) is 10.6 Å². The van der Waals surface area contributed by atoms with E-state index in [2.05, 4.69) is 11.9 Å². The number of anilines is 1. The lowest BCUT2D eigenvalue weighted by atomic mass is 10.1. The highest BCUT2D eigenvalue weighted by molar-refractivity contribution is 7.91. The molecule has 33 heavy (non-hydrogen) atoms. The van der Waals surface area contributed by atoms with Gasteiger partial charge < -0.3 is 19.1 Å². The van der Waals surface area contributed by atoms with Crippen LogP contribution in [0.25, 0.3) is 10.9 Å². The van der Waals surface area contributed by atoms with E-state index in [0.29, 0.717) is 48.1 Å². The Kier molecular flexibility index (Phi) is 8.02. The molecule has 0 radical (unpaired) electrons. The summed E-state index contributed by atoms with van der Waals surface area (Å²) in [5, 5.41) is 0.745. The van der Waals surface area contributed by atoms with Crippen LogP contribution in [0, 0.1) is 0 Å². The second-order valence-corrected chi connectivity index (χ2v) is 9.46. The first kappa shape index (κ1) is 24.6. The van der Waals surface area contributed by atoms with Crippen LogP contribution in [0.2, 0.25) is 0 Å². The summed E-state index contributed by atoms with van der Waals surface area (Å²) < 4.78 is 44.1. The first-order chi connectivity index (χ1) is 15.9. The van der Waals surface area contributed by atoms with Crippen LogP contribution in [0.3, 0.4) is 0 Å². The predicted octanol–water partition coefficient (Wildman–Crippen LogP) is 5.11. The van der Waals surface area contributed by atoms with Gasteiger partial charge in [-0.05, 0) is 50.6 Å². The van der Waals surface area contributed by atoms with Crippen LogP contribution < -0.4 is 19.1 Å². The minimum absolute atomic E-state index is 0.116. The van der Waals surface area contributed by atoms with Crippen molar-refractivity contribution >= 4 is 26.4 Å². The molecule has 8 heteroatoms. The molecule has 7 nitrogen and oxygen atoms in total. The van der Waals surface area contributed by atoms with Gasteiger partial charge in [-0.15, -0.1) is 0 Å². The minimum atomic E-state index is -3.90. The lowest BCUT2D eigenvalue weighted by molar-refractivity contribution is 0.310. The fourth-order valence-corrected chi connectivity index (χ4v) is 5.19. The summed E-state index contributed by atoms with van der Waals surface area (Å²) in [7, 11) is -0.907. The molecule has 1 heterocycles. The monoisotopic (exact) mass is 472 g/mol. The van der Waals surface area contributed by atoms with Gasteiger partial charge in [-0.1, -0.05) is 13.3 Å². The standard InChI is InChI=1S/C25H32N2O5S/c1-6-9-14-32-18-10-12-21-20(15-18)25(27(7-2)8-3)24(17-26-21)33(28,29)19-11-13-22(30-4)23(16-19)31-5/h10-13,15-17H,6-9,14H2,1-5H3. The predicted molar refractivity (Wildman–Crippen MR) is 131 cm³/mol. The summed E-state index contributed by atoms with van der Waals surface area (Å²) in [5.41, 5.74) is 1.34. The summed E-state index contributed by atoms with van der Waals surface area (Å²) in [6.07, 6.45) is 3.43. The zero-order valence-electron chi connectivity index (χ0n) is 19.9. The summed E-state index contributed by atoms with van der Waals surface area (Å²) >= 11 is 0. The van der Waals surface area contributed by atoms with Crippen molar-refractivity contribution in [2.45, 2.75) is 43.4 Å². The summed E-state index contributed by atoms with van der Waals surface area (Å²) in [6, 6.07) is 10.2. The number of benzene rings is 2. The Balaban J connectivity index is 2.23. The first-order valence-corrected chi connectivity index (χ1v) is 12.7. The lowest BCUT2D eigenvalue weighted by Crippen LogP contribution is -2.24. The largest absolute Gasteiger partial charge is 0.494 e. The number of aromatic nitrogens is 1. The molecule has 0 fully saturated rings. The summed E-state index contributed by atoms with van der Waals surface area (Å²) in [4.78, 5) is 6.78. The van der Waals surface area contributed by atoms with Crippen molar-refractivity contribution in [2.24, 2.45) is 0 Å². The molecule has 0 atom stereocenters. The van der Waals surface area contributed by atoms with Crippen molar-refractivity contribution in [3.05, 3.63) is 42.6 Å². The fraction of sp³-hybridized carbons (Fsp3) is 0.400. The van der Waals surface area contributed by atoms with E-state index in [0.717, 1.165) is 18.2 Å². The second-order valence-electron chi connectivity index (χ2n) is 7.54. The minimum Gasteiger partial charge on any atom is -0.494 e. The van der Waals surface area contributed by atoms with Crippen LogP contribution in [-0.2, 0) is 9.84 Å². The van der Waals surface area contributed by atoms with Gasteiger partial charge in [0.05, 0.1) is 36.9 Å². The molecular weight excluding hydrogens is 440 g/mol. The Bertz CT molecular complexity index is 1210. The van der Waals surface area contributed by atoms with Crippen LogP contribution in [0.5, 0.6) is 17.2 Å². The van der Waals surface area contributed by atoms with Gasteiger partial charge in [0.2, 0.25) is 9.84 Å². The third-order valence-corrected chi connectivity index (χ3v) is 7.33. The van der Waals surface area contributed by atoms with E-state index in [1.54, 1.807) is 6.07 Å². The molecule has 0 N–H and O–H groups in total. The number of fused-ring (bicyclic) bond motifs is 1. The molecule has 178 valence electrons. The highest BCUT2D eigenvalue weighted by atomic mass is 32.2. The van der Waals surface area contributed by atoms with Gasteiger partial charge in [-0.3, -0.25) is 4.98 Å². The van der Waals surface area contributed by atoms with Crippen molar-refractivity contribution < 1.29 is 22.6 Å². The molecule has 3 aromatic rings. The summed E-state index contributed by atoms with van der Waals surface area (Å²) in [5.74, 6) is 1.51. The molecule has 0 unspecified atom stereocenters. The van der Waals surface area contributed by atoms with Crippen LogP contribution in [0.15, 0.2) is 52.4 Å². The van der Waals surface area contributed by atoms with Gasteiger partial charge in [0.25, 0.3) is 0 Å². The number of sulfone groups is 1. The third-order valence-electron chi connectivity index (χ3n) is 5.58. The number of methoxy groups -OCH3 is 2. The second kappa shape index (κ2) is 10.7. The molecule has 0 aliphatic rings.